The highest BCUT2D eigenvalue weighted by Gasteiger charge is 2.35. The Hall–Kier alpha value is -3.49. The molecule has 1 fully saturated rings. The van der Waals surface area contributed by atoms with Crippen LogP contribution in [0.25, 0.3) is 0 Å². The second kappa shape index (κ2) is 11.5. The van der Waals surface area contributed by atoms with E-state index in [1.807, 2.05) is 19.1 Å². The number of ether oxygens (including phenoxy) is 2. The second-order valence-electron chi connectivity index (χ2n) is 8.13. The van der Waals surface area contributed by atoms with Gasteiger partial charge >= 0.3 is 0 Å². The van der Waals surface area contributed by atoms with Crippen molar-refractivity contribution < 1.29 is 23.5 Å². The van der Waals surface area contributed by atoms with Crippen LogP contribution in [0.2, 0.25) is 10.0 Å². The first-order chi connectivity index (χ1) is 17.3. The highest BCUT2D eigenvalue weighted by molar-refractivity contribution is 6.32. The molecule has 10 heteroatoms. The Morgan fingerprint density at radius 3 is 2.50 bits per heavy atom. The van der Waals surface area contributed by atoms with Crippen molar-refractivity contribution in [2.24, 2.45) is 5.92 Å². The summed E-state index contributed by atoms with van der Waals surface area (Å²) in [6.45, 7) is 2.68. The molecule has 4 rings (SSSR count). The van der Waals surface area contributed by atoms with E-state index in [-0.39, 0.29) is 31.4 Å². The molecular formula is C26H24Cl2FN3O4. The minimum absolute atomic E-state index is 0.0489. The molecule has 1 heterocycles. The fourth-order valence-corrected chi connectivity index (χ4v) is 4.16. The number of hydrazine groups is 1. The van der Waals surface area contributed by atoms with Crippen molar-refractivity contribution in [3.63, 3.8) is 0 Å². The molecule has 3 aromatic carbocycles. The van der Waals surface area contributed by atoms with E-state index in [0.717, 1.165) is 5.56 Å². The van der Waals surface area contributed by atoms with E-state index >= 15 is 0 Å². The molecule has 188 valence electrons. The first kappa shape index (κ1) is 25.6. The SMILES string of the molecule is CCOc1cc(NNC(=O)[C@H]2CC(=O)N(c3ccc(F)cc3)C2)cc(Cl)c1OCc1ccc(Cl)cc1. The Kier molecular flexibility index (Phi) is 8.18. The van der Waals surface area contributed by atoms with Gasteiger partial charge in [0.2, 0.25) is 11.8 Å². The number of halogens is 3. The van der Waals surface area contributed by atoms with Crippen LogP contribution in [0.4, 0.5) is 15.8 Å². The maximum absolute atomic E-state index is 13.2. The summed E-state index contributed by atoms with van der Waals surface area (Å²) in [7, 11) is 0. The summed E-state index contributed by atoms with van der Waals surface area (Å²) in [5.41, 5.74) is 7.40. The number of benzene rings is 3. The number of anilines is 2. The first-order valence-corrected chi connectivity index (χ1v) is 12.0. The average Bonchev–Trinajstić information content (AvgIpc) is 3.25. The predicted molar refractivity (Wildman–Crippen MR) is 137 cm³/mol. The van der Waals surface area contributed by atoms with Crippen LogP contribution in [0, 0.1) is 11.7 Å². The Morgan fingerprint density at radius 2 is 1.81 bits per heavy atom. The Bertz CT molecular complexity index is 1240. The predicted octanol–water partition coefficient (Wildman–Crippen LogP) is 5.61. The van der Waals surface area contributed by atoms with Crippen molar-refractivity contribution in [1.82, 2.24) is 5.43 Å². The second-order valence-corrected chi connectivity index (χ2v) is 8.97. The third-order valence-corrected chi connectivity index (χ3v) is 6.10. The highest BCUT2D eigenvalue weighted by atomic mass is 35.5. The van der Waals surface area contributed by atoms with Gasteiger partial charge in [-0.3, -0.25) is 20.4 Å². The van der Waals surface area contributed by atoms with Gasteiger partial charge in [-0.2, -0.15) is 0 Å². The smallest absolute Gasteiger partial charge is 0.243 e. The van der Waals surface area contributed by atoms with E-state index in [4.69, 9.17) is 32.7 Å². The van der Waals surface area contributed by atoms with E-state index in [1.165, 1.54) is 29.2 Å². The summed E-state index contributed by atoms with van der Waals surface area (Å²) < 4.78 is 24.8. The van der Waals surface area contributed by atoms with E-state index in [9.17, 15) is 14.0 Å². The number of nitrogens with one attached hydrogen (secondary N) is 2. The van der Waals surface area contributed by atoms with E-state index in [2.05, 4.69) is 10.9 Å². The minimum atomic E-state index is -0.570. The molecule has 2 N–H and O–H groups in total. The zero-order valence-corrected chi connectivity index (χ0v) is 20.9. The zero-order valence-electron chi connectivity index (χ0n) is 19.4. The summed E-state index contributed by atoms with van der Waals surface area (Å²) in [5.74, 6) is -0.735. The zero-order chi connectivity index (χ0) is 25.7. The Labute approximate surface area is 218 Å². The van der Waals surface area contributed by atoms with Crippen LogP contribution in [0.3, 0.4) is 0 Å². The highest BCUT2D eigenvalue weighted by Crippen LogP contribution is 2.39. The Balaban J connectivity index is 1.39. The summed E-state index contributed by atoms with van der Waals surface area (Å²) in [6.07, 6.45) is 0.0489. The molecule has 0 aliphatic carbocycles. The summed E-state index contributed by atoms with van der Waals surface area (Å²) in [5, 5.41) is 0.930. The molecule has 0 saturated carbocycles. The largest absolute Gasteiger partial charge is 0.490 e. The van der Waals surface area contributed by atoms with Crippen molar-refractivity contribution in [3.8, 4) is 11.5 Å². The van der Waals surface area contributed by atoms with Crippen molar-refractivity contribution >= 4 is 46.4 Å². The molecule has 1 saturated heterocycles. The number of carbonyl (C=O) groups excluding carboxylic acids is 2. The fraction of sp³-hybridized carbons (Fsp3) is 0.231. The van der Waals surface area contributed by atoms with Crippen LogP contribution in [0.5, 0.6) is 11.5 Å². The lowest BCUT2D eigenvalue weighted by Crippen LogP contribution is -2.36. The Morgan fingerprint density at radius 1 is 1.08 bits per heavy atom. The van der Waals surface area contributed by atoms with E-state index < -0.39 is 11.7 Å². The van der Waals surface area contributed by atoms with E-state index in [0.29, 0.717) is 39.5 Å². The first-order valence-electron chi connectivity index (χ1n) is 11.3. The molecule has 7 nitrogen and oxygen atoms in total. The normalized spacial score (nSPS) is 15.1. The number of carbonyl (C=O) groups is 2. The van der Waals surface area contributed by atoms with Crippen molar-refractivity contribution in [2.45, 2.75) is 20.0 Å². The minimum Gasteiger partial charge on any atom is -0.490 e. The lowest BCUT2D eigenvalue weighted by Gasteiger charge is -2.18. The van der Waals surface area contributed by atoms with E-state index in [1.54, 1.807) is 24.3 Å². The van der Waals surface area contributed by atoms with Gasteiger partial charge in [0.15, 0.2) is 11.5 Å². The van der Waals surface area contributed by atoms with Gasteiger partial charge in [0.25, 0.3) is 0 Å². The molecular weight excluding hydrogens is 508 g/mol. The maximum atomic E-state index is 13.2. The number of amides is 2. The van der Waals surface area contributed by atoms with Crippen LogP contribution >= 0.6 is 23.2 Å². The van der Waals surface area contributed by atoms with Crippen molar-refractivity contribution in [1.29, 1.82) is 0 Å². The van der Waals surface area contributed by atoms with Crippen LogP contribution in [0.1, 0.15) is 18.9 Å². The number of hydrogen-bond donors (Lipinski definition) is 2. The lowest BCUT2D eigenvalue weighted by molar-refractivity contribution is -0.125. The summed E-state index contributed by atoms with van der Waals surface area (Å²) in [6, 6.07) is 16.1. The molecule has 1 aliphatic heterocycles. The van der Waals surface area contributed by atoms with Gasteiger partial charge in [-0.25, -0.2) is 4.39 Å². The molecule has 0 bridgehead atoms. The van der Waals surface area contributed by atoms with Gasteiger partial charge in [0.05, 0.1) is 23.2 Å². The fourth-order valence-electron chi connectivity index (χ4n) is 3.77. The molecule has 0 radical (unpaired) electrons. The van der Waals surface area contributed by atoms with Gasteiger partial charge in [-0.1, -0.05) is 35.3 Å². The van der Waals surface area contributed by atoms with Crippen LogP contribution in [-0.4, -0.2) is 25.0 Å². The molecule has 0 unspecified atom stereocenters. The molecule has 0 aromatic heterocycles. The van der Waals surface area contributed by atoms with Crippen molar-refractivity contribution in [3.05, 3.63) is 82.1 Å². The third-order valence-electron chi connectivity index (χ3n) is 5.57. The molecule has 1 aliphatic rings. The molecule has 1 atom stereocenters. The molecule has 3 aromatic rings. The van der Waals surface area contributed by atoms with Crippen LogP contribution < -0.4 is 25.2 Å². The average molecular weight is 532 g/mol. The third kappa shape index (κ3) is 6.19. The quantitative estimate of drug-likeness (QED) is 0.351. The summed E-state index contributed by atoms with van der Waals surface area (Å²) >= 11 is 12.4. The number of nitrogens with zero attached hydrogens (tertiary/aromatic N) is 1. The topological polar surface area (TPSA) is 79.9 Å². The molecule has 2 amide bonds. The molecule has 36 heavy (non-hydrogen) atoms. The number of hydrogen-bond acceptors (Lipinski definition) is 5. The maximum Gasteiger partial charge on any atom is 0.243 e. The molecule has 0 spiro atoms. The summed E-state index contributed by atoms with van der Waals surface area (Å²) in [4.78, 5) is 26.6. The van der Waals surface area contributed by atoms with Gasteiger partial charge in [-0.15, -0.1) is 0 Å². The lowest BCUT2D eigenvalue weighted by atomic mass is 10.1. The van der Waals surface area contributed by atoms with Gasteiger partial charge < -0.3 is 14.4 Å². The van der Waals surface area contributed by atoms with Crippen LogP contribution in [0.15, 0.2) is 60.7 Å². The van der Waals surface area contributed by atoms with Gasteiger partial charge in [-0.05, 0) is 55.0 Å². The standard InChI is InChI=1S/C26H24Cl2FN3O4/c1-2-35-23-13-20(12-22(28)25(23)36-15-16-3-5-18(27)6-4-16)30-31-26(34)17-11-24(33)32(14-17)21-9-7-19(29)8-10-21/h3-10,12-13,17,30H,2,11,14-15H2,1H3,(H,31,34)/t17-/m0/s1. The van der Waals surface area contributed by atoms with Crippen molar-refractivity contribution in [2.75, 3.05) is 23.5 Å². The monoisotopic (exact) mass is 531 g/mol. The van der Waals surface area contributed by atoms with Gasteiger partial charge in [0.1, 0.15) is 12.4 Å². The number of rotatable bonds is 9. The van der Waals surface area contributed by atoms with Gasteiger partial charge in [0, 0.05) is 29.7 Å². The van der Waals surface area contributed by atoms with Crippen LogP contribution in [-0.2, 0) is 16.2 Å².